The number of carbonyl (C=O) groups is 1. The molecule has 2 fully saturated rings. The molecule has 9 unspecified atom stereocenters. The molecule has 7 N–H and O–H groups in total. The number of methoxy groups -OCH3 is 2. The molecule has 0 aromatic rings. The van der Waals surface area contributed by atoms with Crippen LogP contribution in [0.1, 0.15) is 149 Å². The standard InChI is InChI=1S/C18H37NO5.C8H17NO2.C8H16O4.4C2H6/c1-13(11-20)7-6-8-18(4,23)9-14(2)10-19-15(3)17(22)16(21)12-24-5;1-6-4-7(9(2)3)5-8(10)11-6;1-5-7(10)8(2,11-3)4-6(9)12-5;4*1-2/h11,13-17,19,21-23H,6-10,12H2,1-5H3;6-8,10H,4-5H2,1-3H3;5-7,9-10H,4H2,1-3H3;4*1-2H3/t13?,14-,15?,16?,17?,18+;;5-,6?,7?,8+;;;;/m1.0..../s1. The summed E-state index contributed by atoms with van der Waals surface area (Å²) in [4.78, 5) is 12.8. The third-order valence-electron chi connectivity index (χ3n) is 9.11. The fourth-order valence-corrected chi connectivity index (χ4v) is 5.96. The monoisotopic (exact) mass is 803 g/mol. The third kappa shape index (κ3) is 30.9. The van der Waals surface area contributed by atoms with Crippen LogP contribution in [0.4, 0.5) is 0 Å². The van der Waals surface area contributed by atoms with Crippen LogP contribution in [0.25, 0.3) is 0 Å². The molecular weight excluding hydrogens is 708 g/mol. The maximum Gasteiger partial charge on any atom is 0.157 e. The molecule has 2 heterocycles. The lowest BCUT2D eigenvalue weighted by atomic mass is 9.87. The summed E-state index contributed by atoms with van der Waals surface area (Å²) in [6, 6.07) is 0.199. The Hall–Kier alpha value is -0.810. The van der Waals surface area contributed by atoms with Gasteiger partial charge in [-0.25, -0.2) is 0 Å². The molecular formula is C42H94N2O11. The fourth-order valence-electron chi connectivity index (χ4n) is 5.96. The van der Waals surface area contributed by atoms with Crippen molar-refractivity contribution in [3.8, 4) is 0 Å². The zero-order valence-corrected chi connectivity index (χ0v) is 39.0. The van der Waals surface area contributed by atoms with E-state index in [2.05, 4.69) is 10.2 Å². The summed E-state index contributed by atoms with van der Waals surface area (Å²) in [6.45, 7) is 29.8. The van der Waals surface area contributed by atoms with Crippen molar-refractivity contribution < 1.29 is 54.4 Å². The largest absolute Gasteiger partial charge is 0.390 e. The minimum absolute atomic E-state index is 0.0424. The topological polar surface area (TPSA) is 191 Å². The average molecular weight is 803 g/mol. The van der Waals surface area contributed by atoms with Crippen molar-refractivity contribution >= 4 is 6.29 Å². The summed E-state index contributed by atoms with van der Waals surface area (Å²) in [5.41, 5.74) is -1.46. The van der Waals surface area contributed by atoms with Crippen molar-refractivity contribution in [1.29, 1.82) is 0 Å². The van der Waals surface area contributed by atoms with E-state index < -0.39 is 48.2 Å². The first-order valence-corrected chi connectivity index (χ1v) is 21.0. The van der Waals surface area contributed by atoms with Crippen LogP contribution >= 0.6 is 0 Å². The normalized spacial score (nSPS) is 28.1. The minimum atomic E-state index is -0.921. The van der Waals surface area contributed by atoms with Gasteiger partial charge in [-0.15, -0.1) is 0 Å². The summed E-state index contributed by atoms with van der Waals surface area (Å²) in [7, 11) is 7.08. The lowest BCUT2D eigenvalue weighted by molar-refractivity contribution is -0.263. The number of hydrogen-bond donors (Lipinski definition) is 7. The van der Waals surface area contributed by atoms with E-state index in [1.165, 1.54) is 14.2 Å². The van der Waals surface area contributed by atoms with Crippen molar-refractivity contribution in [2.45, 2.75) is 215 Å². The van der Waals surface area contributed by atoms with E-state index in [0.717, 1.165) is 32.0 Å². The highest BCUT2D eigenvalue weighted by Gasteiger charge is 2.44. The van der Waals surface area contributed by atoms with Crippen molar-refractivity contribution in [1.82, 2.24) is 10.2 Å². The summed E-state index contributed by atoms with van der Waals surface area (Å²) < 4.78 is 20.2. The highest BCUT2D eigenvalue weighted by molar-refractivity contribution is 5.52. The molecule has 0 spiro atoms. The van der Waals surface area contributed by atoms with Gasteiger partial charge in [-0.1, -0.05) is 69.2 Å². The molecule has 0 radical (unpaired) electrons. The van der Waals surface area contributed by atoms with Crippen molar-refractivity contribution in [3.63, 3.8) is 0 Å². The molecule has 0 aromatic carbocycles. The Morgan fingerprint density at radius 2 is 1.45 bits per heavy atom. The Morgan fingerprint density at radius 3 is 1.89 bits per heavy atom. The van der Waals surface area contributed by atoms with Crippen LogP contribution in [-0.2, 0) is 23.7 Å². The van der Waals surface area contributed by atoms with Gasteiger partial charge in [-0.2, -0.15) is 0 Å². The van der Waals surface area contributed by atoms with Crippen LogP contribution in [0.3, 0.4) is 0 Å². The van der Waals surface area contributed by atoms with Gasteiger partial charge in [0.25, 0.3) is 0 Å². The van der Waals surface area contributed by atoms with Gasteiger partial charge >= 0.3 is 0 Å². The Morgan fingerprint density at radius 1 is 0.927 bits per heavy atom. The van der Waals surface area contributed by atoms with E-state index >= 15 is 0 Å². The van der Waals surface area contributed by atoms with Crippen LogP contribution < -0.4 is 5.32 Å². The quantitative estimate of drug-likeness (QED) is 0.0966. The number of aliphatic hydroxyl groups excluding tert-OH is 5. The number of nitrogens with one attached hydrogen (secondary N) is 1. The molecule has 0 saturated carbocycles. The summed E-state index contributed by atoms with van der Waals surface area (Å²) in [5, 5.41) is 61.5. The van der Waals surface area contributed by atoms with Crippen LogP contribution in [-0.4, -0.2) is 150 Å². The van der Waals surface area contributed by atoms with Crippen molar-refractivity contribution in [3.05, 3.63) is 0 Å². The van der Waals surface area contributed by atoms with Crippen molar-refractivity contribution in [2.75, 3.05) is 41.5 Å². The van der Waals surface area contributed by atoms with Gasteiger partial charge in [0.15, 0.2) is 12.6 Å². The molecule has 0 amide bonds. The second kappa shape index (κ2) is 37.5. The van der Waals surface area contributed by atoms with Gasteiger partial charge in [0.05, 0.1) is 36.1 Å². The average Bonchev–Trinajstić information content (AvgIpc) is 3.15. The lowest BCUT2D eigenvalue weighted by Crippen LogP contribution is -2.55. The predicted octanol–water partition coefficient (Wildman–Crippen LogP) is 5.53. The molecule has 2 aliphatic rings. The molecule has 338 valence electrons. The molecule has 2 rings (SSSR count). The van der Waals surface area contributed by atoms with Gasteiger partial charge in [0.2, 0.25) is 0 Å². The molecule has 2 aliphatic heterocycles. The van der Waals surface area contributed by atoms with Crippen LogP contribution in [0, 0.1) is 11.8 Å². The van der Waals surface area contributed by atoms with Crippen molar-refractivity contribution in [2.24, 2.45) is 11.8 Å². The summed E-state index contributed by atoms with van der Waals surface area (Å²) in [6.07, 6.45) is 1.81. The lowest BCUT2D eigenvalue weighted by Gasteiger charge is -2.42. The van der Waals surface area contributed by atoms with Crippen LogP contribution in [0.2, 0.25) is 0 Å². The molecule has 2 saturated heterocycles. The van der Waals surface area contributed by atoms with Gasteiger partial charge in [0.1, 0.15) is 18.5 Å². The van der Waals surface area contributed by atoms with E-state index in [4.69, 9.17) is 18.9 Å². The molecule has 0 aliphatic carbocycles. The first-order valence-electron chi connectivity index (χ1n) is 21.0. The predicted molar refractivity (Wildman–Crippen MR) is 226 cm³/mol. The molecule has 0 aromatic heterocycles. The van der Waals surface area contributed by atoms with E-state index in [1.54, 1.807) is 13.8 Å². The fraction of sp³-hybridized carbons (Fsp3) is 0.976. The molecule has 13 atom stereocenters. The Bertz CT molecular complexity index is 816. The third-order valence-corrected chi connectivity index (χ3v) is 9.11. The number of ether oxygens (including phenoxy) is 4. The zero-order chi connectivity index (χ0) is 44.5. The number of nitrogens with zero attached hydrogens (tertiary/aromatic N) is 1. The van der Waals surface area contributed by atoms with Gasteiger partial charge in [-0.05, 0) is 93.3 Å². The van der Waals surface area contributed by atoms with E-state index in [-0.39, 0.29) is 30.6 Å². The number of hydrogen-bond acceptors (Lipinski definition) is 13. The SMILES string of the molecule is CC.CC.CC.CC.CC1CC(N(C)C)CC(O)O1.COCC(O)C(O)C(C)NC[C@H](C)C[C@@](C)(O)CCCC(C)C=O.CO[C@]1(C)CC(O)O[C@@H](C)C1O. The molecule has 55 heavy (non-hydrogen) atoms. The van der Waals surface area contributed by atoms with E-state index in [9.17, 15) is 35.4 Å². The number of rotatable bonds is 16. The van der Waals surface area contributed by atoms with Crippen LogP contribution in [0.15, 0.2) is 0 Å². The maximum absolute atomic E-state index is 10.6. The summed E-state index contributed by atoms with van der Waals surface area (Å²) in [5.74, 6) is 0.262. The molecule has 13 heteroatoms. The first kappa shape index (κ1) is 63.4. The number of carbonyl (C=O) groups excluding carboxylic acids is 1. The first-order chi connectivity index (χ1) is 25.7. The highest BCUT2D eigenvalue weighted by atomic mass is 16.6. The Labute approximate surface area is 338 Å². The summed E-state index contributed by atoms with van der Waals surface area (Å²) >= 11 is 0. The molecule has 0 bridgehead atoms. The maximum atomic E-state index is 10.6. The van der Waals surface area contributed by atoms with Gasteiger partial charge in [0, 0.05) is 45.1 Å². The number of aliphatic hydroxyl groups is 6. The highest BCUT2D eigenvalue weighted by Crippen LogP contribution is 2.30. The zero-order valence-electron chi connectivity index (χ0n) is 39.0. The Kier molecular flexibility index (Phi) is 43.2. The van der Waals surface area contributed by atoms with Gasteiger partial charge < -0.3 is 64.6 Å². The van der Waals surface area contributed by atoms with Gasteiger partial charge in [-0.3, -0.25) is 0 Å². The van der Waals surface area contributed by atoms with E-state index in [1.807, 2.05) is 104 Å². The minimum Gasteiger partial charge on any atom is -0.390 e. The smallest absolute Gasteiger partial charge is 0.157 e. The van der Waals surface area contributed by atoms with Crippen LogP contribution in [0.5, 0.6) is 0 Å². The second-order valence-electron chi connectivity index (χ2n) is 14.5. The second-order valence-corrected chi connectivity index (χ2v) is 14.5. The Balaban J connectivity index is -0.000000224. The van der Waals surface area contributed by atoms with E-state index in [0.29, 0.717) is 31.8 Å². The molecule has 13 nitrogen and oxygen atoms in total. The number of aldehydes is 1.